The Morgan fingerprint density at radius 3 is 3.00 bits per heavy atom. The number of hydrogen-bond acceptors (Lipinski definition) is 1. The molecular weight excluding hydrogens is 148 g/mol. The molecule has 0 radical (unpaired) electrons. The van der Waals surface area contributed by atoms with E-state index in [0.717, 1.165) is 6.42 Å². The van der Waals surface area contributed by atoms with E-state index in [4.69, 9.17) is 4.74 Å². The minimum Gasteiger partial charge on any atom is -0.371 e. The molecule has 1 heteroatoms. The zero-order valence-corrected chi connectivity index (χ0v) is 8.10. The van der Waals surface area contributed by atoms with Gasteiger partial charge in [-0.05, 0) is 45.1 Å². The molecule has 1 fully saturated rings. The summed E-state index contributed by atoms with van der Waals surface area (Å²) in [7, 11) is 0. The highest BCUT2D eigenvalue weighted by Gasteiger charge is 2.27. The normalized spacial score (nSPS) is 36.5. The fraction of sp³-hybridized carbons (Fsp3) is 0.818. The van der Waals surface area contributed by atoms with Crippen molar-refractivity contribution in [1.82, 2.24) is 0 Å². The van der Waals surface area contributed by atoms with Gasteiger partial charge in [0.1, 0.15) is 0 Å². The van der Waals surface area contributed by atoms with Crippen LogP contribution in [0.3, 0.4) is 0 Å². The van der Waals surface area contributed by atoms with Gasteiger partial charge in [-0.25, -0.2) is 0 Å². The van der Waals surface area contributed by atoms with Crippen molar-refractivity contribution >= 4 is 0 Å². The van der Waals surface area contributed by atoms with Crippen molar-refractivity contribution < 1.29 is 4.74 Å². The maximum Gasteiger partial charge on any atom is 0.0791 e. The second-order valence-electron chi connectivity index (χ2n) is 4.19. The molecule has 1 saturated carbocycles. The predicted octanol–water partition coefficient (Wildman–Crippen LogP) is 3.05. The second-order valence-corrected chi connectivity index (χ2v) is 4.19. The number of ether oxygens (including phenoxy) is 1. The minimum atomic E-state index is 0.455. The maximum atomic E-state index is 5.90. The van der Waals surface area contributed by atoms with Gasteiger partial charge in [0.05, 0.1) is 12.2 Å². The minimum absolute atomic E-state index is 0.455. The summed E-state index contributed by atoms with van der Waals surface area (Å²) in [4.78, 5) is 0. The van der Waals surface area contributed by atoms with Gasteiger partial charge in [0, 0.05) is 0 Å². The van der Waals surface area contributed by atoms with Crippen LogP contribution in [0.2, 0.25) is 0 Å². The molecule has 1 nitrogen and oxygen atoms in total. The Morgan fingerprint density at radius 2 is 2.17 bits per heavy atom. The fourth-order valence-electron chi connectivity index (χ4n) is 2.51. The van der Waals surface area contributed by atoms with Crippen LogP contribution in [0, 0.1) is 0 Å². The van der Waals surface area contributed by atoms with Crippen LogP contribution < -0.4 is 0 Å². The lowest BCUT2D eigenvalue weighted by atomic mass is 9.85. The van der Waals surface area contributed by atoms with Gasteiger partial charge in [0.25, 0.3) is 0 Å². The molecule has 2 rings (SSSR count). The smallest absolute Gasteiger partial charge is 0.0791 e. The van der Waals surface area contributed by atoms with Crippen LogP contribution in [0.4, 0.5) is 0 Å². The van der Waals surface area contributed by atoms with Gasteiger partial charge in [-0.2, -0.15) is 0 Å². The molecule has 0 aromatic heterocycles. The Labute approximate surface area is 74.8 Å². The third-order valence-corrected chi connectivity index (χ3v) is 3.09. The monoisotopic (exact) mass is 166 g/mol. The summed E-state index contributed by atoms with van der Waals surface area (Å²) < 4.78 is 5.90. The fourth-order valence-corrected chi connectivity index (χ4v) is 2.51. The van der Waals surface area contributed by atoms with Crippen molar-refractivity contribution in [2.75, 3.05) is 0 Å². The largest absolute Gasteiger partial charge is 0.371 e. The highest BCUT2D eigenvalue weighted by Crippen LogP contribution is 2.34. The first-order chi connectivity index (χ1) is 5.77. The van der Waals surface area contributed by atoms with E-state index in [0.29, 0.717) is 12.2 Å². The highest BCUT2D eigenvalue weighted by molar-refractivity contribution is 5.21. The highest BCUT2D eigenvalue weighted by atomic mass is 16.5. The Morgan fingerprint density at radius 1 is 1.33 bits per heavy atom. The Hall–Kier alpha value is -0.300. The quantitative estimate of drug-likeness (QED) is 0.502. The van der Waals surface area contributed by atoms with Gasteiger partial charge in [-0.3, -0.25) is 0 Å². The van der Waals surface area contributed by atoms with Crippen LogP contribution in [0.15, 0.2) is 11.1 Å². The van der Waals surface area contributed by atoms with E-state index in [2.05, 4.69) is 13.8 Å². The molecule has 0 saturated heterocycles. The lowest BCUT2D eigenvalue weighted by Gasteiger charge is -2.35. The first-order valence-electron chi connectivity index (χ1n) is 5.11. The molecular formula is C11H18O. The average molecular weight is 166 g/mol. The molecule has 0 aromatic rings. The number of rotatable bonds is 0. The Bertz CT molecular complexity index is 205. The molecule has 2 atom stereocenters. The van der Waals surface area contributed by atoms with Crippen LogP contribution in [-0.4, -0.2) is 12.2 Å². The Kier molecular flexibility index (Phi) is 2.22. The maximum absolute atomic E-state index is 5.90. The molecule has 68 valence electrons. The lowest BCUT2D eigenvalue weighted by molar-refractivity contribution is -0.00629. The first-order valence-corrected chi connectivity index (χ1v) is 5.11. The molecule has 1 aliphatic carbocycles. The average Bonchev–Trinajstić information content (AvgIpc) is 2.04. The van der Waals surface area contributed by atoms with Gasteiger partial charge in [-0.15, -0.1) is 0 Å². The van der Waals surface area contributed by atoms with E-state index in [1.165, 1.54) is 25.7 Å². The first kappa shape index (κ1) is 8.31. The van der Waals surface area contributed by atoms with E-state index in [9.17, 15) is 0 Å². The zero-order valence-electron chi connectivity index (χ0n) is 8.10. The van der Waals surface area contributed by atoms with E-state index in [1.807, 2.05) is 0 Å². The summed E-state index contributed by atoms with van der Waals surface area (Å²) >= 11 is 0. The molecule has 12 heavy (non-hydrogen) atoms. The third-order valence-electron chi connectivity index (χ3n) is 3.09. The van der Waals surface area contributed by atoms with Crippen LogP contribution in [0.5, 0.6) is 0 Å². The molecule has 0 spiro atoms. The van der Waals surface area contributed by atoms with Crippen LogP contribution in [-0.2, 0) is 4.74 Å². The van der Waals surface area contributed by atoms with Crippen LogP contribution in [0.25, 0.3) is 0 Å². The van der Waals surface area contributed by atoms with Gasteiger partial charge < -0.3 is 4.74 Å². The van der Waals surface area contributed by atoms with Crippen LogP contribution >= 0.6 is 0 Å². The standard InChI is InChI=1S/C11H18O/c1-8-7-9(2)12-11-6-4-3-5-10(8)11/h9,11H,3-7H2,1-2H3/t9-,11-/m0/s1. The zero-order chi connectivity index (χ0) is 8.55. The molecule has 0 unspecified atom stereocenters. The van der Waals surface area contributed by atoms with Gasteiger partial charge in [0.15, 0.2) is 0 Å². The number of hydrogen-bond donors (Lipinski definition) is 0. The summed E-state index contributed by atoms with van der Waals surface area (Å²) in [6, 6.07) is 0. The van der Waals surface area contributed by atoms with E-state index in [1.54, 1.807) is 11.1 Å². The third kappa shape index (κ3) is 1.42. The molecule has 1 aliphatic heterocycles. The van der Waals surface area contributed by atoms with Crippen molar-refractivity contribution in [2.24, 2.45) is 0 Å². The van der Waals surface area contributed by atoms with Gasteiger partial charge in [0.2, 0.25) is 0 Å². The predicted molar refractivity (Wildman–Crippen MR) is 50.1 cm³/mol. The van der Waals surface area contributed by atoms with Gasteiger partial charge >= 0.3 is 0 Å². The molecule has 2 aliphatic rings. The summed E-state index contributed by atoms with van der Waals surface area (Å²) in [5, 5.41) is 0. The number of fused-ring (bicyclic) bond motifs is 1. The second kappa shape index (κ2) is 3.21. The lowest BCUT2D eigenvalue weighted by Crippen LogP contribution is -2.30. The Balaban J connectivity index is 2.19. The molecule has 0 N–H and O–H groups in total. The van der Waals surface area contributed by atoms with E-state index >= 15 is 0 Å². The SMILES string of the molecule is CC1=C2CCCC[C@@H]2O[C@@H](C)C1. The summed E-state index contributed by atoms with van der Waals surface area (Å²) in [6.45, 7) is 4.47. The van der Waals surface area contributed by atoms with Crippen molar-refractivity contribution in [3.63, 3.8) is 0 Å². The summed E-state index contributed by atoms with van der Waals surface area (Å²) in [5.41, 5.74) is 3.23. The summed E-state index contributed by atoms with van der Waals surface area (Å²) in [5.74, 6) is 0. The van der Waals surface area contributed by atoms with E-state index in [-0.39, 0.29) is 0 Å². The van der Waals surface area contributed by atoms with Crippen molar-refractivity contribution in [1.29, 1.82) is 0 Å². The van der Waals surface area contributed by atoms with Crippen LogP contribution in [0.1, 0.15) is 46.0 Å². The molecule has 0 aromatic carbocycles. The molecule has 0 amide bonds. The molecule has 1 heterocycles. The van der Waals surface area contributed by atoms with Crippen molar-refractivity contribution in [3.8, 4) is 0 Å². The summed E-state index contributed by atoms with van der Waals surface area (Å²) in [6.07, 6.45) is 7.39. The van der Waals surface area contributed by atoms with Crippen molar-refractivity contribution in [3.05, 3.63) is 11.1 Å². The van der Waals surface area contributed by atoms with Crippen molar-refractivity contribution in [2.45, 2.75) is 58.2 Å². The van der Waals surface area contributed by atoms with Gasteiger partial charge in [-0.1, -0.05) is 12.0 Å². The topological polar surface area (TPSA) is 9.23 Å². The van der Waals surface area contributed by atoms with E-state index < -0.39 is 0 Å². The molecule has 0 bridgehead atoms.